The summed E-state index contributed by atoms with van der Waals surface area (Å²) in [5.74, 6) is 0.482. The Kier molecular flexibility index (Phi) is 4.57. The van der Waals surface area contributed by atoms with E-state index >= 15 is 0 Å². The molecule has 1 unspecified atom stereocenters. The van der Waals surface area contributed by atoms with Crippen LogP contribution in [0, 0.1) is 6.92 Å². The standard InChI is InChI=1S/C14H15BrN2O3/c1-8-6-17-13(20-8)9(2)16-7-11-4-3-10(14(18)19)5-12(11)15/h3-6,9,16H,7H2,1-2H3,(H,18,19). The lowest BCUT2D eigenvalue weighted by Gasteiger charge is -2.11. The van der Waals surface area contributed by atoms with Gasteiger partial charge in [0.1, 0.15) is 5.76 Å². The minimum Gasteiger partial charge on any atom is -0.478 e. The van der Waals surface area contributed by atoms with Crippen LogP contribution in [0.25, 0.3) is 0 Å². The highest BCUT2D eigenvalue weighted by molar-refractivity contribution is 9.10. The Morgan fingerprint density at radius 1 is 1.55 bits per heavy atom. The lowest BCUT2D eigenvalue weighted by atomic mass is 10.1. The van der Waals surface area contributed by atoms with Crippen molar-refractivity contribution in [2.45, 2.75) is 26.4 Å². The van der Waals surface area contributed by atoms with E-state index in [1.807, 2.05) is 13.8 Å². The summed E-state index contributed by atoms with van der Waals surface area (Å²) in [6.07, 6.45) is 1.69. The first-order valence-corrected chi connectivity index (χ1v) is 6.94. The third-order valence-electron chi connectivity index (χ3n) is 2.91. The molecule has 5 nitrogen and oxygen atoms in total. The average molecular weight is 339 g/mol. The molecule has 0 saturated heterocycles. The molecular weight excluding hydrogens is 324 g/mol. The van der Waals surface area contributed by atoms with Gasteiger partial charge >= 0.3 is 5.97 Å². The number of aryl methyl sites for hydroxylation is 1. The normalized spacial score (nSPS) is 12.3. The molecule has 0 radical (unpaired) electrons. The summed E-state index contributed by atoms with van der Waals surface area (Å²) in [6, 6.07) is 4.95. The summed E-state index contributed by atoms with van der Waals surface area (Å²) in [7, 11) is 0. The number of aromatic carboxylic acids is 1. The van der Waals surface area contributed by atoms with Gasteiger partial charge in [0.05, 0.1) is 17.8 Å². The van der Waals surface area contributed by atoms with E-state index in [1.54, 1.807) is 24.4 Å². The number of hydrogen-bond donors (Lipinski definition) is 2. The van der Waals surface area contributed by atoms with Crippen LogP contribution >= 0.6 is 15.9 Å². The average Bonchev–Trinajstić information content (AvgIpc) is 2.83. The largest absolute Gasteiger partial charge is 0.478 e. The van der Waals surface area contributed by atoms with Gasteiger partial charge in [0, 0.05) is 11.0 Å². The zero-order valence-electron chi connectivity index (χ0n) is 11.2. The summed E-state index contributed by atoms with van der Waals surface area (Å²) in [4.78, 5) is 15.0. The number of rotatable bonds is 5. The molecule has 2 aromatic rings. The van der Waals surface area contributed by atoms with E-state index in [-0.39, 0.29) is 11.6 Å². The van der Waals surface area contributed by atoms with E-state index in [0.29, 0.717) is 12.4 Å². The van der Waals surface area contributed by atoms with Gasteiger partial charge in [-0.05, 0) is 31.5 Å². The van der Waals surface area contributed by atoms with Gasteiger partial charge < -0.3 is 14.8 Å². The fourth-order valence-electron chi connectivity index (χ4n) is 1.75. The number of nitrogens with zero attached hydrogens (tertiary/aromatic N) is 1. The van der Waals surface area contributed by atoms with Gasteiger partial charge in [-0.25, -0.2) is 9.78 Å². The smallest absolute Gasteiger partial charge is 0.335 e. The number of aromatic nitrogens is 1. The SMILES string of the molecule is Cc1cnc(C(C)NCc2ccc(C(=O)O)cc2Br)o1. The van der Waals surface area contributed by atoms with Crippen LogP contribution in [-0.4, -0.2) is 16.1 Å². The zero-order valence-corrected chi connectivity index (χ0v) is 12.8. The number of halogens is 1. The van der Waals surface area contributed by atoms with Crippen molar-refractivity contribution < 1.29 is 14.3 Å². The zero-order chi connectivity index (χ0) is 14.7. The van der Waals surface area contributed by atoms with Crippen molar-refractivity contribution in [1.29, 1.82) is 0 Å². The number of carboxylic acids is 1. The molecule has 6 heteroatoms. The monoisotopic (exact) mass is 338 g/mol. The second-order valence-corrected chi connectivity index (χ2v) is 5.38. The molecule has 0 aliphatic heterocycles. The number of oxazole rings is 1. The Labute approximate surface area is 125 Å². The number of benzene rings is 1. The summed E-state index contributed by atoms with van der Waals surface area (Å²) in [5, 5.41) is 12.2. The lowest BCUT2D eigenvalue weighted by Crippen LogP contribution is -2.18. The van der Waals surface area contributed by atoms with Crippen molar-refractivity contribution in [2.24, 2.45) is 0 Å². The van der Waals surface area contributed by atoms with E-state index in [9.17, 15) is 4.79 Å². The fraction of sp³-hybridized carbons (Fsp3) is 0.286. The van der Waals surface area contributed by atoms with E-state index < -0.39 is 5.97 Å². The minimum absolute atomic E-state index is 0.0187. The van der Waals surface area contributed by atoms with E-state index in [4.69, 9.17) is 9.52 Å². The second-order valence-electron chi connectivity index (χ2n) is 4.52. The maximum absolute atomic E-state index is 10.9. The van der Waals surface area contributed by atoms with Gasteiger partial charge in [0.2, 0.25) is 5.89 Å². The minimum atomic E-state index is -0.936. The molecule has 1 atom stereocenters. The first kappa shape index (κ1) is 14.7. The van der Waals surface area contributed by atoms with Crippen LogP contribution in [0.2, 0.25) is 0 Å². The molecule has 2 N–H and O–H groups in total. The molecule has 0 fully saturated rings. The predicted molar refractivity (Wildman–Crippen MR) is 77.6 cm³/mol. The third kappa shape index (κ3) is 3.46. The fourth-order valence-corrected chi connectivity index (χ4v) is 2.27. The highest BCUT2D eigenvalue weighted by atomic mass is 79.9. The van der Waals surface area contributed by atoms with Crippen LogP contribution in [0.3, 0.4) is 0 Å². The van der Waals surface area contributed by atoms with Crippen LogP contribution in [0.4, 0.5) is 0 Å². The molecule has 0 aliphatic carbocycles. The van der Waals surface area contributed by atoms with Crippen molar-refractivity contribution in [3.63, 3.8) is 0 Å². The molecule has 0 spiro atoms. The predicted octanol–water partition coefficient (Wildman–Crippen LogP) is 3.29. The molecule has 0 amide bonds. The van der Waals surface area contributed by atoms with Crippen molar-refractivity contribution in [3.8, 4) is 0 Å². The van der Waals surface area contributed by atoms with E-state index in [1.165, 1.54) is 0 Å². The summed E-state index contributed by atoms with van der Waals surface area (Å²) in [5.41, 5.74) is 1.24. The van der Waals surface area contributed by atoms with Crippen LogP contribution in [0.1, 0.15) is 40.5 Å². The Bertz CT molecular complexity index is 625. The Balaban J connectivity index is 2.02. The van der Waals surface area contributed by atoms with Gasteiger partial charge in [-0.15, -0.1) is 0 Å². The maximum Gasteiger partial charge on any atom is 0.335 e. The highest BCUT2D eigenvalue weighted by Crippen LogP contribution is 2.20. The Morgan fingerprint density at radius 3 is 2.85 bits per heavy atom. The summed E-state index contributed by atoms with van der Waals surface area (Å²) in [6.45, 7) is 4.40. The molecule has 0 bridgehead atoms. The van der Waals surface area contributed by atoms with Crippen LogP contribution in [0.5, 0.6) is 0 Å². The molecule has 0 saturated carbocycles. The van der Waals surface area contributed by atoms with Crippen LogP contribution in [-0.2, 0) is 6.54 Å². The molecule has 0 aliphatic rings. The summed E-state index contributed by atoms with van der Waals surface area (Å²) >= 11 is 3.38. The first-order valence-electron chi connectivity index (χ1n) is 6.15. The lowest BCUT2D eigenvalue weighted by molar-refractivity contribution is 0.0697. The van der Waals surface area contributed by atoms with Crippen molar-refractivity contribution in [1.82, 2.24) is 10.3 Å². The quantitative estimate of drug-likeness (QED) is 0.874. The number of carbonyl (C=O) groups is 1. The first-order chi connectivity index (χ1) is 9.47. The molecule has 1 aromatic carbocycles. The molecule has 106 valence electrons. The van der Waals surface area contributed by atoms with Crippen molar-refractivity contribution in [2.75, 3.05) is 0 Å². The van der Waals surface area contributed by atoms with Gasteiger partial charge in [-0.1, -0.05) is 22.0 Å². The molecular formula is C14H15BrN2O3. The topological polar surface area (TPSA) is 75.4 Å². The molecule has 1 aromatic heterocycles. The molecule has 2 rings (SSSR count). The Hall–Kier alpha value is -1.66. The second kappa shape index (κ2) is 6.19. The van der Waals surface area contributed by atoms with Gasteiger partial charge in [0.25, 0.3) is 0 Å². The van der Waals surface area contributed by atoms with Crippen LogP contribution < -0.4 is 5.32 Å². The Morgan fingerprint density at radius 2 is 2.30 bits per heavy atom. The van der Waals surface area contributed by atoms with Gasteiger partial charge in [-0.2, -0.15) is 0 Å². The molecule has 1 heterocycles. The number of carboxylic acid groups (broad SMARTS) is 1. The molecule has 20 heavy (non-hydrogen) atoms. The van der Waals surface area contributed by atoms with Gasteiger partial charge in [0.15, 0.2) is 0 Å². The maximum atomic E-state index is 10.9. The van der Waals surface area contributed by atoms with E-state index in [0.717, 1.165) is 15.8 Å². The summed E-state index contributed by atoms with van der Waals surface area (Å²) < 4.78 is 6.22. The highest BCUT2D eigenvalue weighted by Gasteiger charge is 2.12. The number of nitrogens with one attached hydrogen (secondary N) is 1. The van der Waals surface area contributed by atoms with E-state index in [2.05, 4.69) is 26.2 Å². The van der Waals surface area contributed by atoms with Crippen LogP contribution in [0.15, 0.2) is 33.3 Å². The van der Waals surface area contributed by atoms with Crippen molar-refractivity contribution >= 4 is 21.9 Å². The third-order valence-corrected chi connectivity index (χ3v) is 3.65. The van der Waals surface area contributed by atoms with Gasteiger partial charge in [-0.3, -0.25) is 0 Å². The number of hydrogen-bond acceptors (Lipinski definition) is 4. The van der Waals surface area contributed by atoms with Crippen molar-refractivity contribution in [3.05, 3.63) is 51.6 Å².